The number of carbonyl (C=O) groups is 2. The molecule has 2 aromatic rings. The topological polar surface area (TPSA) is 130 Å². The van der Waals surface area contributed by atoms with Crippen molar-refractivity contribution in [2.24, 2.45) is 0 Å². The lowest BCUT2D eigenvalue weighted by molar-refractivity contribution is -0.114. The molecule has 29 heavy (non-hydrogen) atoms. The molecule has 10 heteroatoms. The molecular formula is C19H21N5O4S. The van der Waals surface area contributed by atoms with Crippen LogP contribution in [0.5, 0.6) is 0 Å². The van der Waals surface area contributed by atoms with Gasteiger partial charge < -0.3 is 10.6 Å². The van der Waals surface area contributed by atoms with E-state index < -0.39 is 21.2 Å². The fourth-order valence-corrected chi connectivity index (χ4v) is 4.77. The SMILES string of the molecule is CC(=O)Nc1cnc(S(=O)(=O)NC(=O)Nc2c3c(cc4c2CCC4)CCC3)nc1. The van der Waals surface area contributed by atoms with Crippen LogP contribution in [0.25, 0.3) is 0 Å². The summed E-state index contributed by atoms with van der Waals surface area (Å²) in [6.07, 6.45) is 8.09. The van der Waals surface area contributed by atoms with E-state index in [9.17, 15) is 18.0 Å². The Morgan fingerprint density at radius 3 is 2.07 bits per heavy atom. The molecule has 0 spiro atoms. The first-order valence-corrected chi connectivity index (χ1v) is 10.9. The highest BCUT2D eigenvalue weighted by atomic mass is 32.2. The normalized spacial score (nSPS) is 14.8. The smallest absolute Gasteiger partial charge is 0.324 e. The first kappa shape index (κ1) is 19.3. The zero-order valence-electron chi connectivity index (χ0n) is 15.9. The second-order valence-corrected chi connectivity index (χ2v) is 8.81. The predicted molar refractivity (Wildman–Crippen MR) is 106 cm³/mol. The summed E-state index contributed by atoms with van der Waals surface area (Å²) in [7, 11) is -4.25. The second kappa shape index (κ2) is 7.43. The molecule has 0 unspecified atom stereocenters. The van der Waals surface area contributed by atoms with Crippen molar-refractivity contribution < 1.29 is 18.0 Å². The van der Waals surface area contributed by atoms with E-state index in [1.807, 2.05) is 4.72 Å². The summed E-state index contributed by atoms with van der Waals surface area (Å²) >= 11 is 0. The summed E-state index contributed by atoms with van der Waals surface area (Å²) < 4.78 is 26.9. The Labute approximate surface area is 168 Å². The number of nitrogens with zero attached hydrogens (tertiary/aromatic N) is 2. The summed E-state index contributed by atoms with van der Waals surface area (Å²) in [5, 5.41) is 4.66. The van der Waals surface area contributed by atoms with Crippen molar-refractivity contribution >= 4 is 33.3 Å². The van der Waals surface area contributed by atoms with Crippen LogP contribution in [0.4, 0.5) is 16.2 Å². The number of aryl methyl sites for hydroxylation is 2. The number of anilines is 2. The number of benzene rings is 1. The predicted octanol–water partition coefficient (Wildman–Crippen LogP) is 1.92. The summed E-state index contributed by atoms with van der Waals surface area (Å²) in [6.45, 7) is 1.31. The quantitative estimate of drug-likeness (QED) is 0.654. The molecule has 3 N–H and O–H groups in total. The standard InChI is InChI=1S/C19H21N5O4S/c1-11(25)22-14-9-20-19(21-10-14)29(27,28)24-18(26)23-17-15-6-2-4-12(15)8-13-5-3-7-16(13)17/h8-10H,2-7H2,1H3,(H,22,25)(H2,23,24,26). The Balaban J connectivity index is 1.52. The van der Waals surface area contributed by atoms with Crippen molar-refractivity contribution in [2.45, 2.75) is 50.6 Å². The number of hydrogen-bond acceptors (Lipinski definition) is 6. The third-order valence-corrected chi connectivity index (χ3v) is 6.27. The minimum atomic E-state index is -4.25. The fraction of sp³-hybridized carbons (Fsp3) is 0.368. The number of hydrogen-bond donors (Lipinski definition) is 3. The Morgan fingerprint density at radius 2 is 1.52 bits per heavy atom. The molecule has 0 saturated heterocycles. The zero-order chi connectivity index (χ0) is 20.6. The van der Waals surface area contributed by atoms with E-state index in [4.69, 9.17) is 0 Å². The van der Waals surface area contributed by atoms with Crippen LogP contribution in [0.15, 0.2) is 23.6 Å². The van der Waals surface area contributed by atoms with Crippen LogP contribution in [-0.4, -0.2) is 30.3 Å². The van der Waals surface area contributed by atoms with Crippen LogP contribution < -0.4 is 15.4 Å². The highest BCUT2D eigenvalue weighted by Gasteiger charge is 2.27. The van der Waals surface area contributed by atoms with Gasteiger partial charge in [-0.1, -0.05) is 6.07 Å². The molecule has 3 amide bonds. The van der Waals surface area contributed by atoms with Gasteiger partial charge in [0.05, 0.1) is 18.1 Å². The van der Waals surface area contributed by atoms with Gasteiger partial charge in [0, 0.05) is 12.6 Å². The number of urea groups is 1. The highest BCUT2D eigenvalue weighted by molar-refractivity contribution is 7.89. The number of aromatic nitrogens is 2. The number of sulfonamides is 1. The van der Waals surface area contributed by atoms with Gasteiger partial charge in [0.25, 0.3) is 5.16 Å². The molecule has 152 valence electrons. The highest BCUT2D eigenvalue weighted by Crippen LogP contribution is 2.38. The maximum absolute atomic E-state index is 12.5. The third-order valence-electron chi connectivity index (χ3n) is 5.13. The molecule has 4 rings (SSSR count). The molecule has 0 saturated carbocycles. The summed E-state index contributed by atoms with van der Waals surface area (Å²) in [6, 6.07) is 1.39. The fourth-order valence-electron chi connectivity index (χ4n) is 4.00. The van der Waals surface area contributed by atoms with Crippen molar-refractivity contribution in [3.8, 4) is 0 Å². The van der Waals surface area contributed by atoms with Gasteiger partial charge in [-0.05, 0) is 60.8 Å². The Hall–Kier alpha value is -3.01. The van der Waals surface area contributed by atoms with Gasteiger partial charge in [0.15, 0.2) is 0 Å². The van der Waals surface area contributed by atoms with Crippen LogP contribution in [-0.2, 0) is 40.5 Å². The summed E-state index contributed by atoms with van der Waals surface area (Å²) in [5.74, 6) is -0.329. The first-order chi connectivity index (χ1) is 13.8. The number of rotatable bonds is 4. The van der Waals surface area contributed by atoms with Crippen LogP contribution >= 0.6 is 0 Å². The molecule has 9 nitrogen and oxygen atoms in total. The molecule has 1 aromatic heterocycles. The third kappa shape index (κ3) is 3.93. The minimum Gasteiger partial charge on any atom is -0.324 e. The van der Waals surface area contributed by atoms with Gasteiger partial charge in [-0.25, -0.2) is 19.5 Å². The van der Waals surface area contributed by atoms with Crippen molar-refractivity contribution in [1.29, 1.82) is 0 Å². The number of amides is 3. The number of nitrogens with one attached hydrogen (secondary N) is 3. The van der Waals surface area contributed by atoms with Crippen LogP contribution in [0.2, 0.25) is 0 Å². The Kier molecular flexibility index (Phi) is 4.95. The van der Waals surface area contributed by atoms with Gasteiger partial charge in [0.1, 0.15) is 0 Å². The van der Waals surface area contributed by atoms with Crippen molar-refractivity contribution in [1.82, 2.24) is 14.7 Å². The van der Waals surface area contributed by atoms with E-state index in [1.165, 1.54) is 18.1 Å². The lowest BCUT2D eigenvalue weighted by Crippen LogP contribution is -2.35. The molecule has 0 atom stereocenters. The molecule has 0 bridgehead atoms. The van der Waals surface area contributed by atoms with E-state index in [0.717, 1.165) is 67.7 Å². The van der Waals surface area contributed by atoms with E-state index in [-0.39, 0.29) is 11.6 Å². The number of fused-ring (bicyclic) bond motifs is 2. The van der Waals surface area contributed by atoms with Crippen molar-refractivity contribution in [3.63, 3.8) is 0 Å². The van der Waals surface area contributed by atoms with Crippen LogP contribution in [0, 0.1) is 0 Å². The molecule has 1 aromatic carbocycles. The minimum absolute atomic E-state index is 0.260. The van der Waals surface area contributed by atoms with E-state index in [1.54, 1.807) is 0 Å². The van der Waals surface area contributed by atoms with Gasteiger partial charge in [-0.15, -0.1) is 0 Å². The molecule has 2 aliphatic carbocycles. The van der Waals surface area contributed by atoms with E-state index >= 15 is 0 Å². The van der Waals surface area contributed by atoms with Gasteiger partial charge >= 0.3 is 16.1 Å². The monoisotopic (exact) mass is 415 g/mol. The van der Waals surface area contributed by atoms with Gasteiger partial charge in [-0.3, -0.25) is 4.79 Å². The van der Waals surface area contributed by atoms with E-state index in [2.05, 4.69) is 26.7 Å². The lowest BCUT2D eigenvalue weighted by Gasteiger charge is -2.16. The van der Waals surface area contributed by atoms with Gasteiger partial charge in [-0.2, -0.15) is 8.42 Å². The summed E-state index contributed by atoms with van der Waals surface area (Å²) in [5.41, 5.74) is 5.70. The largest absolute Gasteiger partial charge is 0.333 e. The van der Waals surface area contributed by atoms with Gasteiger partial charge in [0.2, 0.25) is 5.91 Å². The Morgan fingerprint density at radius 1 is 0.931 bits per heavy atom. The maximum Gasteiger partial charge on any atom is 0.333 e. The molecular weight excluding hydrogens is 394 g/mol. The number of carbonyl (C=O) groups excluding carboxylic acids is 2. The molecule has 2 aliphatic rings. The molecule has 0 radical (unpaired) electrons. The Bertz CT molecular complexity index is 1060. The molecule has 0 fully saturated rings. The van der Waals surface area contributed by atoms with Crippen molar-refractivity contribution in [3.05, 3.63) is 40.7 Å². The average molecular weight is 415 g/mol. The van der Waals surface area contributed by atoms with Crippen molar-refractivity contribution in [2.75, 3.05) is 10.6 Å². The average Bonchev–Trinajstić information content (AvgIpc) is 3.30. The maximum atomic E-state index is 12.5. The second-order valence-electron chi connectivity index (χ2n) is 7.23. The van der Waals surface area contributed by atoms with E-state index in [0.29, 0.717) is 0 Å². The zero-order valence-corrected chi connectivity index (χ0v) is 16.7. The lowest BCUT2D eigenvalue weighted by atomic mass is 9.99. The molecule has 0 aliphatic heterocycles. The summed E-state index contributed by atoms with van der Waals surface area (Å²) in [4.78, 5) is 31.0. The van der Waals surface area contributed by atoms with Crippen LogP contribution in [0.1, 0.15) is 42.0 Å². The molecule has 1 heterocycles. The first-order valence-electron chi connectivity index (χ1n) is 9.43. The van der Waals surface area contributed by atoms with Crippen LogP contribution in [0.3, 0.4) is 0 Å².